The molecule has 0 N–H and O–H groups in total. The highest BCUT2D eigenvalue weighted by molar-refractivity contribution is 5.78. The third-order valence-corrected chi connectivity index (χ3v) is 2.82. The van der Waals surface area contributed by atoms with Gasteiger partial charge in [0, 0.05) is 19.5 Å². The van der Waals surface area contributed by atoms with Crippen molar-refractivity contribution in [3.05, 3.63) is 23.8 Å². The molecule has 0 aliphatic carbocycles. The summed E-state index contributed by atoms with van der Waals surface area (Å²) in [6.07, 6.45) is 4.56. The van der Waals surface area contributed by atoms with Gasteiger partial charge in [-0.3, -0.25) is 4.79 Å². The molecule has 0 radical (unpaired) electrons. The lowest BCUT2D eigenvalue weighted by Crippen LogP contribution is -2.40. The van der Waals surface area contributed by atoms with Crippen LogP contribution in [0.3, 0.4) is 0 Å². The van der Waals surface area contributed by atoms with E-state index in [1.54, 1.807) is 0 Å². The molecule has 1 saturated heterocycles. The van der Waals surface area contributed by atoms with Crippen molar-refractivity contribution in [2.75, 3.05) is 26.3 Å². The number of allylic oxidation sites excluding steroid dienone is 2. The van der Waals surface area contributed by atoms with Gasteiger partial charge in [0.05, 0.1) is 13.2 Å². The molecule has 0 spiro atoms. The molecule has 0 aromatic carbocycles. The maximum atomic E-state index is 11.9. The van der Waals surface area contributed by atoms with Crippen molar-refractivity contribution in [1.82, 2.24) is 4.90 Å². The molecule has 3 heteroatoms. The Bertz CT molecular complexity index is 297. The predicted octanol–water partition coefficient (Wildman–Crippen LogP) is 2.54. The summed E-state index contributed by atoms with van der Waals surface area (Å²) in [6.45, 7) is 10.9. The molecule has 0 aromatic rings. The van der Waals surface area contributed by atoms with E-state index in [2.05, 4.69) is 26.5 Å². The molecule has 96 valence electrons. The second-order valence-electron chi connectivity index (χ2n) is 4.74. The smallest absolute Gasteiger partial charge is 0.226 e. The van der Waals surface area contributed by atoms with Gasteiger partial charge in [0.2, 0.25) is 5.91 Å². The average molecular weight is 237 g/mol. The van der Waals surface area contributed by atoms with Crippen molar-refractivity contribution in [1.29, 1.82) is 0 Å². The summed E-state index contributed by atoms with van der Waals surface area (Å²) in [7, 11) is 0. The molecule has 17 heavy (non-hydrogen) atoms. The van der Waals surface area contributed by atoms with Crippen molar-refractivity contribution in [3.63, 3.8) is 0 Å². The summed E-state index contributed by atoms with van der Waals surface area (Å²) in [5.74, 6) is 0.190. The van der Waals surface area contributed by atoms with Gasteiger partial charge in [0.15, 0.2) is 0 Å². The van der Waals surface area contributed by atoms with Gasteiger partial charge in [-0.15, -0.1) is 0 Å². The number of ether oxygens (including phenoxy) is 1. The van der Waals surface area contributed by atoms with Crippen molar-refractivity contribution in [2.24, 2.45) is 0 Å². The SMILES string of the molecule is C=C(CCC=C(C)C)CC(=O)N1CCOCC1. The van der Waals surface area contributed by atoms with Crippen molar-refractivity contribution in [2.45, 2.75) is 33.1 Å². The second-order valence-corrected chi connectivity index (χ2v) is 4.74. The van der Waals surface area contributed by atoms with E-state index >= 15 is 0 Å². The summed E-state index contributed by atoms with van der Waals surface area (Å²) in [5, 5.41) is 0. The van der Waals surface area contributed by atoms with Crippen LogP contribution in [0.2, 0.25) is 0 Å². The van der Waals surface area contributed by atoms with Crippen LogP contribution in [0.25, 0.3) is 0 Å². The fraction of sp³-hybridized carbons (Fsp3) is 0.643. The van der Waals surface area contributed by atoms with Gasteiger partial charge in [-0.05, 0) is 26.7 Å². The fourth-order valence-electron chi connectivity index (χ4n) is 1.79. The lowest BCUT2D eigenvalue weighted by Gasteiger charge is -2.27. The van der Waals surface area contributed by atoms with E-state index in [1.807, 2.05) is 4.90 Å². The summed E-state index contributed by atoms with van der Waals surface area (Å²) in [5.41, 5.74) is 2.34. The minimum absolute atomic E-state index is 0.190. The summed E-state index contributed by atoms with van der Waals surface area (Å²) >= 11 is 0. The Morgan fingerprint density at radius 3 is 2.59 bits per heavy atom. The third-order valence-electron chi connectivity index (χ3n) is 2.82. The Kier molecular flexibility index (Phi) is 5.98. The van der Waals surface area contributed by atoms with Gasteiger partial charge in [0.1, 0.15) is 0 Å². The molecule has 1 rings (SSSR count). The van der Waals surface area contributed by atoms with Crippen LogP contribution in [0, 0.1) is 0 Å². The van der Waals surface area contributed by atoms with Gasteiger partial charge in [-0.1, -0.05) is 23.8 Å². The molecule has 3 nitrogen and oxygen atoms in total. The fourth-order valence-corrected chi connectivity index (χ4v) is 1.79. The minimum Gasteiger partial charge on any atom is -0.378 e. The predicted molar refractivity (Wildman–Crippen MR) is 69.8 cm³/mol. The zero-order valence-corrected chi connectivity index (χ0v) is 11.0. The number of hydrogen-bond acceptors (Lipinski definition) is 2. The molecule has 1 heterocycles. The number of morpholine rings is 1. The number of hydrogen-bond donors (Lipinski definition) is 0. The van der Waals surface area contributed by atoms with E-state index in [4.69, 9.17) is 4.74 Å². The highest BCUT2D eigenvalue weighted by Gasteiger charge is 2.16. The number of amides is 1. The van der Waals surface area contributed by atoms with Crippen molar-refractivity contribution >= 4 is 5.91 Å². The molecular formula is C14H23NO2. The molecule has 1 aliphatic rings. The van der Waals surface area contributed by atoms with E-state index in [0.29, 0.717) is 19.6 Å². The normalized spacial score (nSPS) is 15.5. The number of carbonyl (C=O) groups excluding carboxylic acids is 1. The van der Waals surface area contributed by atoms with E-state index in [9.17, 15) is 4.79 Å². The summed E-state index contributed by atoms with van der Waals surface area (Å²) < 4.78 is 5.22. The number of rotatable bonds is 5. The Hall–Kier alpha value is -1.09. The van der Waals surface area contributed by atoms with Crippen LogP contribution in [0.1, 0.15) is 33.1 Å². The number of carbonyl (C=O) groups is 1. The van der Waals surface area contributed by atoms with E-state index in [1.165, 1.54) is 5.57 Å². The monoisotopic (exact) mass is 237 g/mol. The van der Waals surface area contributed by atoms with Crippen molar-refractivity contribution < 1.29 is 9.53 Å². The quantitative estimate of drug-likeness (QED) is 0.688. The van der Waals surface area contributed by atoms with E-state index in [-0.39, 0.29) is 5.91 Å². The van der Waals surface area contributed by atoms with E-state index < -0.39 is 0 Å². The molecule has 0 saturated carbocycles. The standard InChI is InChI=1S/C14H23NO2/c1-12(2)5-4-6-13(3)11-14(16)15-7-9-17-10-8-15/h5H,3-4,6-11H2,1-2H3. The molecule has 1 aliphatic heterocycles. The molecule has 0 atom stereocenters. The highest BCUT2D eigenvalue weighted by atomic mass is 16.5. The number of nitrogens with zero attached hydrogens (tertiary/aromatic N) is 1. The summed E-state index contributed by atoms with van der Waals surface area (Å²) in [4.78, 5) is 13.8. The molecule has 1 fully saturated rings. The Labute approximate surface area is 104 Å². The minimum atomic E-state index is 0.190. The van der Waals surface area contributed by atoms with Crippen molar-refractivity contribution in [3.8, 4) is 0 Å². The average Bonchev–Trinajstić information content (AvgIpc) is 2.29. The third kappa shape index (κ3) is 5.68. The van der Waals surface area contributed by atoms with Crippen LogP contribution in [-0.2, 0) is 9.53 Å². The molecule has 1 amide bonds. The maximum Gasteiger partial charge on any atom is 0.226 e. The van der Waals surface area contributed by atoms with Crippen LogP contribution >= 0.6 is 0 Å². The van der Waals surface area contributed by atoms with Crippen LogP contribution in [0.15, 0.2) is 23.8 Å². The Morgan fingerprint density at radius 1 is 1.35 bits per heavy atom. The molecular weight excluding hydrogens is 214 g/mol. The van der Waals surface area contributed by atoms with Crippen LogP contribution in [0.5, 0.6) is 0 Å². The molecule has 0 bridgehead atoms. The topological polar surface area (TPSA) is 29.5 Å². The van der Waals surface area contributed by atoms with Crippen LogP contribution in [-0.4, -0.2) is 37.1 Å². The first-order valence-electron chi connectivity index (χ1n) is 6.25. The lowest BCUT2D eigenvalue weighted by atomic mass is 10.1. The highest BCUT2D eigenvalue weighted by Crippen LogP contribution is 2.12. The zero-order chi connectivity index (χ0) is 12.7. The second kappa shape index (κ2) is 7.28. The Balaban J connectivity index is 2.25. The van der Waals surface area contributed by atoms with Gasteiger partial charge in [-0.25, -0.2) is 0 Å². The van der Waals surface area contributed by atoms with Gasteiger partial charge in [-0.2, -0.15) is 0 Å². The first-order valence-corrected chi connectivity index (χ1v) is 6.25. The maximum absolute atomic E-state index is 11.9. The first kappa shape index (κ1) is 14.0. The van der Waals surface area contributed by atoms with Crippen LogP contribution in [0.4, 0.5) is 0 Å². The van der Waals surface area contributed by atoms with Gasteiger partial charge in [0.25, 0.3) is 0 Å². The van der Waals surface area contributed by atoms with Gasteiger partial charge >= 0.3 is 0 Å². The van der Waals surface area contributed by atoms with Gasteiger partial charge < -0.3 is 9.64 Å². The largest absolute Gasteiger partial charge is 0.378 e. The molecule has 0 aromatic heterocycles. The summed E-state index contributed by atoms with van der Waals surface area (Å²) in [6, 6.07) is 0. The molecule has 0 unspecified atom stereocenters. The first-order chi connectivity index (χ1) is 8.09. The lowest BCUT2D eigenvalue weighted by molar-refractivity contribution is -0.134. The van der Waals surface area contributed by atoms with Crippen LogP contribution < -0.4 is 0 Å². The Morgan fingerprint density at radius 2 is 2.00 bits per heavy atom. The van der Waals surface area contributed by atoms with E-state index in [0.717, 1.165) is 31.5 Å². The zero-order valence-electron chi connectivity index (χ0n) is 11.0.